The Balaban J connectivity index is 1.96. The van der Waals surface area contributed by atoms with Gasteiger partial charge in [-0.3, -0.25) is 10.1 Å². The highest BCUT2D eigenvalue weighted by Gasteiger charge is 2.12. The lowest BCUT2D eigenvalue weighted by molar-refractivity contribution is -0.384. The van der Waals surface area contributed by atoms with Crippen molar-refractivity contribution < 1.29 is 4.92 Å². The van der Waals surface area contributed by atoms with Gasteiger partial charge in [-0.05, 0) is 42.5 Å². The molecular formula is C17H15ClN6O2S. The minimum Gasteiger partial charge on any atom is -0.378 e. The molecule has 3 aromatic rings. The topological polar surface area (TPSA) is 92.3 Å². The third kappa shape index (κ3) is 4.04. The molecule has 0 spiro atoms. The van der Waals surface area contributed by atoms with Gasteiger partial charge < -0.3 is 4.90 Å². The Morgan fingerprint density at radius 1 is 1.30 bits per heavy atom. The predicted molar refractivity (Wildman–Crippen MR) is 108 cm³/mol. The van der Waals surface area contributed by atoms with Crippen molar-refractivity contribution in [2.75, 3.05) is 19.0 Å². The molecule has 0 aliphatic rings. The second kappa shape index (κ2) is 7.68. The first-order valence-corrected chi connectivity index (χ1v) is 8.59. The average molecular weight is 403 g/mol. The quantitative estimate of drug-likeness (QED) is 0.300. The summed E-state index contributed by atoms with van der Waals surface area (Å²) < 4.78 is 1.77. The maximum Gasteiger partial charge on any atom is 0.288 e. The summed E-state index contributed by atoms with van der Waals surface area (Å²) in [5.41, 5.74) is 2.21. The molecule has 2 aromatic carbocycles. The summed E-state index contributed by atoms with van der Waals surface area (Å²) in [4.78, 5) is 12.5. The number of anilines is 1. The van der Waals surface area contributed by atoms with E-state index in [1.54, 1.807) is 6.07 Å². The van der Waals surface area contributed by atoms with Crippen LogP contribution in [0.15, 0.2) is 47.6 Å². The fourth-order valence-corrected chi connectivity index (χ4v) is 2.73. The largest absolute Gasteiger partial charge is 0.378 e. The zero-order valence-electron chi connectivity index (χ0n) is 14.5. The molecular weight excluding hydrogens is 388 g/mol. The van der Waals surface area contributed by atoms with Crippen LogP contribution in [0.4, 0.5) is 11.4 Å². The molecule has 1 N–H and O–H groups in total. The van der Waals surface area contributed by atoms with Crippen LogP contribution in [0, 0.1) is 14.9 Å². The van der Waals surface area contributed by atoms with Gasteiger partial charge in [-0.25, -0.2) is 5.10 Å². The molecule has 0 fully saturated rings. The van der Waals surface area contributed by atoms with E-state index in [-0.39, 0.29) is 10.7 Å². The van der Waals surface area contributed by atoms with E-state index in [0.717, 1.165) is 11.3 Å². The van der Waals surface area contributed by atoms with E-state index in [1.165, 1.54) is 23.0 Å². The van der Waals surface area contributed by atoms with Crippen molar-refractivity contribution >= 4 is 41.4 Å². The van der Waals surface area contributed by atoms with Crippen LogP contribution in [0.3, 0.4) is 0 Å². The van der Waals surface area contributed by atoms with Crippen molar-refractivity contribution in [1.29, 1.82) is 0 Å². The number of aromatic amines is 1. The number of aromatic nitrogens is 3. The minimum absolute atomic E-state index is 0.0683. The molecule has 0 aliphatic heterocycles. The molecule has 0 bridgehead atoms. The highest BCUT2D eigenvalue weighted by Crippen LogP contribution is 2.25. The van der Waals surface area contributed by atoms with E-state index in [2.05, 4.69) is 15.3 Å². The predicted octanol–water partition coefficient (Wildman–Crippen LogP) is 4.12. The lowest BCUT2D eigenvalue weighted by Crippen LogP contribution is -2.08. The summed E-state index contributed by atoms with van der Waals surface area (Å²) in [7, 11) is 3.92. The first-order chi connectivity index (χ1) is 12.9. The maximum atomic E-state index is 11.0. The number of hydrogen-bond acceptors (Lipinski definition) is 6. The molecule has 0 radical (unpaired) electrons. The van der Waals surface area contributed by atoms with Crippen LogP contribution < -0.4 is 4.90 Å². The summed E-state index contributed by atoms with van der Waals surface area (Å²) in [5, 5.41) is 22.3. The molecule has 0 atom stereocenters. The van der Waals surface area contributed by atoms with Gasteiger partial charge in [0.25, 0.3) is 5.69 Å². The van der Waals surface area contributed by atoms with Gasteiger partial charge in [-0.2, -0.15) is 14.9 Å². The van der Waals surface area contributed by atoms with Crippen LogP contribution in [-0.2, 0) is 0 Å². The number of nitro benzene ring substituents is 1. The normalized spacial score (nSPS) is 11.1. The second-order valence-electron chi connectivity index (χ2n) is 5.82. The van der Waals surface area contributed by atoms with Crippen LogP contribution in [0.2, 0.25) is 5.02 Å². The number of hydrogen-bond donors (Lipinski definition) is 1. The maximum absolute atomic E-state index is 11.0. The zero-order chi connectivity index (χ0) is 19.6. The van der Waals surface area contributed by atoms with Crippen molar-refractivity contribution in [3.05, 3.63) is 67.9 Å². The molecule has 0 unspecified atom stereocenters. The monoisotopic (exact) mass is 402 g/mol. The van der Waals surface area contributed by atoms with Gasteiger partial charge in [0, 0.05) is 37.0 Å². The Labute approximate surface area is 164 Å². The van der Waals surface area contributed by atoms with Crippen molar-refractivity contribution in [2.45, 2.75) is 0 Å². The minimum atomic E-state index is -0.541. The summed E-state index contributed by atoms with van der Waals surface area (Å²) in [5.74, 6) is 0.532. The van der Waals surface area contributed by atoms with E-state index in [0.29, 0.717) is 16.2 Å². The number of benzene rings is 2. The fourth-order valence-electron chi connectivity index (χ4n) is 2.37. The molecule has 0 amide bonds. The molecule has 1 aromatic heterocycles. The molecule has 8 nitrogen and oxygen atoms in total. The third-order valence-corrected chi connectivity index (χ3v) is 4.37. The van der Waals surface area contributed by atoms with Gasteiger partial charge in [0.15, 0.2) is 5.82 Å². The number of nitrogens with zero attached hydrogens (tertiary/aromatic N) is 5. The van der Waals surface area contributed by atoms with Gasteiger partial charge in [0.2, 0.25) is 4.77 Å². The van der Waals surface area contributed by atoms with E-state index >= 15 is 0 Å². The number of nitrogens with one attached hydrogen (secondary N) is 1. The van der Waals surface area contributed by atoms with Gasteiger partial charge in [-0.1, -0.05) is 17.7 Å². The van der Waals surface area contributed by atoms with Gasteiger partial charge in [-0.15, -0.1) is 0 Å². The molecule has 0 saturated heterocycles. The van der Waals surface area contributed by atoms with Crippen LogP contribution >= 0.6 is 23.8 Å². The Kier molecular flexibility index (Phi) is 5.33. The second-order valence-corrected chi connectivity index (χ2v) is 6.61. The molecule has 138 valence electrons. The highest BCUT2D eigenvalue weighted by atomic mass is 35.5. The number of H-pyrrole nitrogens is 1. The third-order valence-electron chi connectivity index (χ3n) is 3.78. The Bertz CT molecular complexity index is 1070. The summed E-state index contributed by atoms with van der Waals surface area (Å²) in [6.07, 6.45) is 1.46. The number of halogens is 1. The van der Waals surface area contributed by atoms with Crippen LogP contribution in [0.25, 0.3) is 11.4 Å². The Morgan fingerprint density at radius 3 is 2.63 bits per heavy atom. The van der Waals surface area contributed by atoms with Crippen molar-refractivity contribution in [1.82, 2.24) is 14.9 Å². The molecule has 3 rings (SSSR count). The standard InChI is InChI=1S/C17H15ClN6O2S/c1-22(2)13-6-4-12(5-7-13)16-20-21-17(27)23(16)19-10-11-3-8-14(18)15(9-11)24(25)26/h3-10H,1-2H3,(H,21,27). The van der Waals surface area contributed by atoms with Crippen LogP contribution in [-0.4, -0.2) is 40.1 Å². The first-order valence-electron chi connectivity index (χ1n) is 7.80. The lowest BCUT2D eigenvalue weighted by Gasteiger charge is -2.12. The SMILES string of the molecule is CN(C)c1ccc(-c2n[nH]c(=S)n2N=Cc2ccc(Cl)c([N+](=O)[O-])c2)cc1. The van der Waals surface area contributed by atoms with E-state index in [4.69, 9.17) is 23.8 Å². The van der Waals surface area contributed by atoms with E-state index in [9.17, 15) is 10.1 Å². The molecule has 10 heteroatoms. The highest BCUT2D eigenvalue weighted by molar-refractivity contribution is 7.71. The van der Waals surface area contributed by atoms with Gasteiger partial charge >= 0.3 is 0 Å². The van der Waals surface area contributed by atoms with Crippen molar-refractivity contribution in [2.24, 2.45) is 5.10 Å². The fraction of sp³-hybridized carbons (Fsp3) is 0.118. The first kappa shape index (κ1) is 18.7. The Morgan fingerprint density at radius 2 is 2.00 bits per heavy atom. The van der Waals surface area contributed by atoms with E-state index in [1.807, 2.05) is 43.3 Å². The van der Waals surface area contributed by atoms with Crippen LogP contribution in [0.5, 0.6) is 0 Å². The summed E-state index contributed by atoms with van der Waals surface area (Å²) in [6.45, 7) is 0. The van der Waals surface area contributed by atoms with Crippen molar-refractivity contribution in [3.8, 4) is 11.4 Å². The lowest BCUT2D eigenvalue weighted by atomic mass is 10.2. The molecule has 1 heterocycles. The summed E-state index contributed by atoms with van der Waals surface area (Å²) in [6, 6.07) is 12.2. The average Bonchev–Trinajstić information content (AvgIpc) is 3.01. The van der Waals surface area contributed by atoms with Crippen LogP contribution in [0.1, 0.15) is 5.56 Å². The number of nitro groups is 1. The van der Waals surface area contributed by atoms with Crippen molar-refractivity contribution in [3.63, 3.8) is 0 Å². The number of rotatable bonds is 5. The zero-order valence-corrected chi connectivity index (χ0v) is 16.0. The smallest absolute Gasteiger partial charge is 0.288 e. The molecule has 27 heavy (non-hydrogen) atoms. The molecule has 0 aliphatic carbocycles. The molecule has 0 saturated carbocycles. The van der Waals surface area contributed by atoms with E-state index < -0.39 is 4.92 Å². The van der Waals surface area contributed by atoms with Gasteiger partial charge in [0.1, 0.15) is 5.02 Å². The Hall–Kier alpha value is -3.04. The van der Waals surface area contributed by atoms with Gasteiger partial charge in [0.05, 0.1) is 11.1 Å². The summed E-state index contributed by atoms with van der Waals surface area (Å²) >= 11 is 11.1.